The van der Waals surface area contributed by atoms with Crippen LogP contribution in [0.15, 0.2) is 24.5 Å². The van der Waals surface area contributed by atoms with Gasteiger partial charge >= 0.3 is 6.18 Å². The van der Waals surface area contributed by atoms with Crippen LogP contribution in [0.1, 0.15) is 6.42 Å². The molecule has 0 aliphatic carbocycles. The van der Waals surface area contributed by atoms with Crippen molar-refractivity contribution in [3.63, 3.8) is 0 Å². The van der Waals surface area contributed by atoms with E-state index in [0.717, 1.165) is 0 Å². The van der Waals surface area contributed by atoms with E-state index in [1.807, 2.05) is 0 Å². The molecule has 12 heavy (non-hydrogen) atoms. The monoisotopic (exact) mass is 177 g/mol. The SMILES string of the molecule is FC(F)(F)CC[n+]1ccccn1. The summed E-state index contributed by atoms with van der Waals surface area (Å²) in [5, 5.41) is 3.70. The summed E-state index contributed by atoms with van der Waals surface area (Å²) in [6.07, 6.45) is -1.98. The van der Waals surface area contributed by atoms with Gasteiger partial charge in [0.05, 0.1) is 6.20 Å². The Morgan fingerprint density at radius 2 is 2.00 bits per heavy atom. The molecule has 0 atom stereocenters. The molecule has 1 rings (SSSR count). The third kappa shape index (κ3) is 3.32. The van der Waals surface area contributed by atoms with Crippen molar-refractivity contribution in [1.82, 2.24) is 5.10 Å². The molecule has 0 aliphatic rings. The Morgan fingerprint density at radius 3 is 2.50 bits per heavy atom. The van der Waals surface area contributed by atoms with Gasteiger partial charge in [-0.1, -0.05) is 4.68 Å². The standard InChI is InChI=1S/C7H8F3N2/c8-7(9,10)3-6-12-5-2-1-4-11-12/h1-2,4-5H,3,6H2/q+1. The minimum absolute atomic E-state index is 0.121. The van der Waals surface area contributed by atoms with E-state index in [2.05, 4.69) is 5.10 Å². The van der Waals surface area contributed by atoms with E-state index < -0.39 is 12.6 Å². The average molecular weight is 177 g/mol. The van der Waals surface area contributed by atoms with Crippen molar-refractivity contribution < 1.29 is 17.9 Å². The highest BCUT2D eigenvalue weighted by Gasteiger charge is 2.29. The van der Waals surface area contributed by atoms with Crippen molar-refractivity contribution >= 4 is 0 Å². The molecule has 1 aromatic rings. The van der Waals surface area contributed by atoms with Gasteiger partial charge in [-0.25, -0.2) is 0 Å². The Bertz CT molecular complexity index is 232. The molecule has 5 heteroatoms. The second-order valence-electron chi connectivity index (χ2n) is 2.33. The first kappa shape index (κ1) is 8.96. The van der Waals surface area contributed by atoms with Crippen LogP contribution in [-0.4, -0.2) is 11.3 Å². The molecule has 0 bridgehead atoms. The molecule has 0 N–H and O–H groups in total. The molecular formula is C7H8F3N2+. The largest absolute Gasteiger partial charge is 0.395 e. The number of hydrogen-bond acceptors (Lipinski definition) is 1. The van der Waals surface area contributed by atoms with E-state index in [1.165, 1.54) is 17.1 Å². The number of nitrogens with zero attached hydrogens (tertiary/aromatic N) is 2. The smallest absolute Gasteiger partial charge is 0.171 e. The number of halogens is 3. The molecule has 0 unspecified atom stereocenters. The van der Waals surface area contributed by atoms with Gasteiger partial charge in [-0.05, 0) is 11.2 Å². The number of aryl methyl sites for hydroxylation is 1. The van der Waals surface area contributed by atoms with Gasteiger partial charge in [-0.15, -0.1) is 0 Å². The zero-order chi connectivity index (χ0) is 9.03. The van der Waals surface area contributed by atoms with Crippen LogP contribution in [0.2, 0.25) is 0 Å². The van der Waals surface area contributed by atoms with E-state index in [0.29, 0.717) is 0 Å². The van der Waals surface area contributed by atoms with Gasteiger partial charge in [0.2, 0.25) is 0 Å². The normalized spacial score (nSPS) is 11.6. The molecule has 0 radical (unpaired) electrons. The lowest BCUT2D eigenvalue weighted by Crippen LogP contribution is -2.38. The van der Waals surface area contributed by atoms with Crippen molar-refractivity contribution in [3.05, 3.63) is 24.5 Å². The fourth-order valence-corrected chi connectivity index (χ4v) is 0.735. The van der Waals surface area contributed by atoms with Crippen LogP contribution in [0.25, 0.3) is 0 Å². The predicted molar refractivity (Wildman–Crippen MR) is 35.1 cm³/mol. The van der Waals surface area contributed by atoms with Crippen molar-refractivity contribution in [3.8, 4) is 0 Å². The molecule has 0 amide bonds. The fraction of sp³-hybridized carbons (Fsp3) is 0.429. The van der Waals surface area contributed by atoms with Crippen LogP contribution < -0.4 is 4.68 Å². The molecule has 0 aromatic carbocycles. The number of rotatable bonds is 2. The highest BCUT2D eigenvalue weighted by molar-refractivity contribution is 4.76. The number of alkyl halides is 3. The predicted octanol–water partition coefficient (Wildman–Crippen LogP) is 1.32. The molecular weight excluding hydrogens is 169 g/mol. The lowest BCUT2D eigenvalue weighted by atomic mass is 10.4. The highest BCUT2D eigenvalue weighted by atomic mass is 19.4. The zero-order valence-electron chi connectivity index (χ0n) is 6.25. The Balaban J connectivity index is 2.44. The van der Waals surface area contributed by atoms with Gasteiger partial charge in [0.1, 0.15) is 6.42 Å². The third-order valence-corrected chi connectivity index (χ3v) is 1.29. The van der Waals surface area contributed by atoms with Crippen LogP contribution in [0, 0.1) is 0 Å². The van der Waals surface area contributed by atoms with Gasteiger partial charge in [0.15, 0.2) is 12.7 Å². The first-order chi connectivity index (χ1) is 5.58. The van der Waals surface area contributed by atoms with Crippen LogP contribution >= 0.6 is 0 Å². The highest BCUT2D eigenvalue weighted by Crippen LogP contribution is 2.18. The first-order valence-corrected chi connectivity index (χ1v) is 3.45. The molecule has 0 fully saturated rings. The van der Waals surface area contributed by atoms with Crippen LogP contribution in [0.4, 0.5) is 13.2 Å². The van der Waals surface area contributed by atoms with E-state index in [-0.39, 0.29) is 6.54 Å². The maximum Gasteiger partial charge on any atom is 0.395 e. The summed E-state index contributed by atoms with van der Waals surface area (Å²) in [6.45, 7) is -0.121. The molecule has 0 saturated carbocycles. The summed E-state index contributed by atoms with van der Waals surface area (Å²) in [5.74, 6) is 0. The molecule has 66 valence electrons. The second-order valence-corrected chi connectivity index (χ2v) is 2.33. The Kier molecular flexibility index (Phi) is 2.62. The Morgan fingerprint density at radius 1 is 1.25 bits per heavy atom. The van der Waals surface area contributed by atoms with E-state index in [1.54, 1.807) is 12.1 Å². The molecule has 0 spiro atoms. The lowest BCUT2D eigenvalue weighted by Gasteiger charge is -2.00. The summed E-state index contributed by atoms with van der Waals surface area (Å²) in [4.78, 5) is 0. The van der Waals surface area contributed by atoms with E-state index in [4.69, 9.17) is 0 Å². The topological polar surface area (TPSA) is 16.8 Å². The van der Waals surface area contributed by atoms with Gasteiger partial charge in [-0.3, -0.25) is 0 Å². The quantitative estimate of drug-likeness (QED) is 0.622. The van der Waals surface area contributed by atoms with Gasteiger partial charge < -0.3 is 0 Å². The number of hydrogen-bond donors (Lipinski definition) is 0. The Hall–Kier alpha value is -1.13. The van der Waals surface area contributed by atoms with Crippen molar-refractivity contribution in [2.24, 2.45) is 0 Å². The molecule has 0 aliphatic heterocycles. The van der Waals surface area contributed by atoms with Crippen molar-refractivity contribution in [2.45, 2.75) is 19.1 Å². The van der Waals surface area contributed by atoms with Crippen molar-refractivity contribution in [1.29, 1.82) is 0 Å². The molecule has 1 aromatic heterocycles. The minimum Gasteiger partial charge on any atom is -0.171 e. The summed E-state index contributed by atoms with van der Waals surface area (Å²) < 4.78 is 36.4. The maximum absolute atomic E-state index is 11.7. The summed E-state index contributed by atoms with van der Waals surface area (Å²) in [6, 6.07) is 3.30. The molecule has 2 nitrogen and oxygen atoms in total. The summed E-state index contributed by atoms with van der Waals surface area (Å²) in [7, 11) is 0. The maximum atomic E-state index is 11.7. The summed E-state index contributed by atoms with van der Waals surface area (Å²) in [5.41, 5.74) is 0. The third-order valence-electron chi connectivity index (χ3n) is 1.29. The molecule has 1 heterocycles. The average Bonchev–Trinajstić information content (AvgIpc) is 2.02. The zero-order valence-corrected chi connectivity index (χ0v) is 6.25. The summed E-state index contributed by atoms with van der Waals surface area (Å²) >= 11 is 0. The minimum atomic E-state index is -4.11. The second kappa shape index (κ2) is 3.51. The molecule has 0 saturated heterocycles. The van der Waals surface area contributed by atoms with Gasteiger partial charge in [0.25, 0.3) is 0 Å². The Labute approximate surface area is 67.6 Å². The van der Waals surface area contributed by atoms with E-state index in [9.17, 15) is 13.2 Å². The number of aromatic nitrogens is 2. The van der Waals surface area contributed by atoms with Crippen molar-refractivity contribution in [2.75, 3.05) is 0 Å². The van der Waals surface area contributed by atoms with Crippen LogP contribution in [0.5, 0.6) is 0 Å². The lowest BCUT2D eigenvalue weighted by molar-refractivity contribution is -0.756. The van der Waals surface area contributed by atoms with Crippen LogP contribution in [0.3, 0.4) is 0 Å². The van der Waals surface area contributed by atoms with E-state index >= 15 is 0 Å². The van der Waals surface area contributed by atoms with Gasteiger partial charge in [-0.2, -0.15) is 13.2 Å². The van der Waals surface area contributed by atoms with Gasteiger partial charge in [0, 0.05) is 6.07 Å². The first-order valence-electron chi connectivity index (χ1n) is 3.45. The fourth-order valence-electron chi connectivity index (χ4n) is 0.735. The van der Waals surface area contributed by atoms with Crippen LogP contribution in [-0.2, 0) is 6.54 Å².